The zero-order chi connectivity index (χ0) is 24.7. The first kappa shape index (κ1) is 25.5. The van der Waals surface area contributed by atoms with Gasteiger partial charge in [0.05, 0.1) is 12.4 Å². The van der Waals surface area contributed by atoms with Gasteiger partial charge in [0, 0.05) is 36.5 Å². The quantitative estimate of drug-likeness (QED) is 0.340. The van der Waals surface area contributed by atoms with Gasteiger partial charge in [-0.25, -0.2) is 4.39 Å². The van der Waals surface area contributed by atoms with Crippen molar-refractivity contribution in [2.45, 2.75) is 38.7 Å². The minimum Gasteiger partial charge on any atom is -0.390 e. The zero-order valence-corrected chi connectivity index (χ0v) is 20.3. The van der Waals surface area contributed by atoms with E-state index in [2.05, 4.69) is 33.3 Å². The van der Waals surface area contributed by atoms with Crippen LogP contribution in [0.2, 0.25) is 0 Å². The number of benzene rings is 1. The van der Waals surface area contributed by atoms with E-state index in [1.165, 1.54) is 6.07 Å². The Kier molecular flexibility index (Phi) is 8.85. The Balaban J connectivity index is 2.08. The molecule has 0 radical (unpaired) electrons. The number of likely N-dealkylation sites (tertiary alicyclic amines) is 1. The lowest BCUT2D eigenvalue weighted by Crippen LogP contribution is -2.49. The Bertz CT molecular complexity index is 1080. The van der Waals surface area contributed by atoms with E-state index in [0.29, 0.717) is 12.8 Å². The summed E-state index contributed by atoms with van der Waals surface area (Å²) in [5.41, 5.74) is 11.6. The van der Waals surface area contributed by atoms with Crippen molar-refractivity contribution in [1.82, 2.24) is 4.90 Å². The average Bonchev–Trinajstić information content (AvgIpc) is 2.81. The molecule has 0 amide bonds. The molecule has 34 heavy (non-hydrogen) atoms. The summed E-state index contributed by atoms with van der Waals surface area (Å²) >= 11 is 0. The van der Waals surface area contributed by atoms with Crippen LogP contribution in [0.3, 0.4) is 0 Å². The summed E-state index contributed by atoms with van der Waals surface area (Å²) < 4.78 is 14.3. The van der Waals surface area contributed by atoms with Crippen LogP contribution in [-0.4, -0.2) is 56.0 Å². The molecule has 1 atom stereocenters. The SMILES string of the molecule is C=C/C(=C\C=C/C)c1cc(F)ccc1C1CC(=N/CN)/C(=C(/C)N=C)C(=N/OC2CN(C)C2)/C1. The highest BCUT2D eigenvalue weighted by molar-refractivity contribution is 6.27. The molecule has 0 spiro atoms. The van der Waals surface area contributed by atoms with Gasteiger partial charge in [0.25, 0.3) is 0 Å². The van der Waals surface area contributed by atoms with Crippen molar-refractivity contribution in [3.8, 4) is 0 Å². The lowest BCUT2D eigenvalue weighted by atomic mass is 9.76. The molecule has 1 aliphatic carbocycles. The number of likely N-dealkylation sites (N-methyl/N-ethyl adjacent to an activating group) is 1. The van der Waals surface area contributed by atoms with Crippen molar-refractivity contribution >= 4 is 23.7 Å². The fourth-order valence-corrected chi connectivity index (χ4v) is 4.41. The number of nitrogens with two attached hydrogens (primary N) is 1. The lowest BCUT2D eigenvalue weighted by molar-refractivity contribution is -0.0412. The van der Waals surface area contributed by atoms with E-state index in [1.54, 1.807) is 12.1 Å². The molecule has 1 heterocycles. The molecule has 1 aliphatic heterocycles. The molecule has 1 aromatic carbocycles. The molecular weight excluding hydrogens is 429 g/mol. The van der Waals surface area contributed by atoms with Crippen molar-refractivity contribution in [2.24, 2.45) is 20.9 Å². The van der Waals surface area contributed by atoms with E-state index in [1.807, 2.05) is 45.2 Å². The van der Waals surface area contributed by atoms with E-state index in [4.69, 9.17) is 10.6 Å². The van der Waals surface area contributed by atoms with Gasteiger partial charge in [0.1, 0.15) is 5.82 Å². The number of rotatable bonds is 8. The zero-order valence-electron chi connectivity index (χ0n) is 20.3. The van der Waals surface area contributed by atoms with E-state index in [-0.39, 0.29) is 24.5 Å². The molecule has 0 bridgehead atoms. The third kappa shape index (κ3) is 5.85. The highest BCUT2D eigenvalue weighted by Crippen LogP contribution is 2.38. The molecule has 1 aromatic rings. The van der Waals surface area contributed by atoms with Gasteiger partial charge in [0.2, 0.25) is 0 Å². The van der Waals surface area contributed by atoms with E-state index in [0.717, 1.165) is 52.5 Å². The molecule has 3 rings (SSSR count). The van der Waals surface area contributed by atoms with Gasteiger partial charge in [-0.05, 0) is 68.8 Å². The summed E-state index contributed by atoms with van der Waals surface area (Å²) in [6.07, 6.45) is 8.81. The minimum atomic E-state index is -0.294. The van der Waals surface area contributed by atoms with Gasteiger partial charge in [0.15, 0.2) is 6.10 Å². The summed E-state index contributed by atoms with van der Waals surface area (Å²) in [6, 6.07) is 4.90. The van der Waals surface area contributed by atoms with Crippen LogP contribution in [0.4, 0.5) is 4.39 Å². The summed E-state index contributed by atoms with van der Waals surface area (Å²) in [7, 11) is 2.04. The monoisotopic (exact) mass is 463 g/mol. The van der Waals surface area contributed by atoms with Gasteiger partial charge in [-0.15, -0.1) is 0 Å². The van der Waals surface area contributed by atoms with Crippen LogP contribution in [0.1, 0.15) is 43.7 Å². The third-order valence-corrected chi connectivity index (χ3v) is 6.13. The van der Waals surface area contributed by atoms with Crippen molar-refractivity contribution in [2.75, 3.05) is 26.8 Å². The Morgan fingerprint density at radius 3 is 2.65 bits per heavy atom. The Hall–Kier alpha value is -3.16. The van der Waals surface area contributed by atoms with Crippen molar-refractivity contribution in [1.29, 1.82) is 0 Å². The average molecular weight is 464 g/mol. The number of hydrogen-bond acceptors (Lipinski definition) is 6. The van der Waals surface area contributed by atoms with Gasteiger partial charge in [-0.2, -0.15) is 0 Å². The van der Waals surface area contributed by atoms with Gasteiger partial charge in [-0.3, -0.25) is 14.9 Å². The molecule has 2 N–H and O–H groups in total. The molecular formula is C27H34FN5O. The molecule has 1 saturated heterocycles. The van der Waals surface area contributed by atoms with E-state index < -0.39 is 0 Å². The van der Waals surface area contributed by atoms with Crippen molar-refractivity contribution < 1.29 is 9.23 Å². The Morgan fingerprint density at radius 2 is 2.03 bits per heavy atom. The number of oxime groups is 1. The maximum atomic E-state index is 14.3. The molecule has 7 heteroatoms. The molecule has 1 saturated carbocycles. The number of nitrogens with zero attached hydrogens (tertiary/aromatic N) is 4. The normalized spacial score (nSPS) is 23.9. The van der Waals surface area contributed by atoms with Crippen LogP contribution in [0.25, 0.3) is 5.57 Å². The Morgan fingerprint density at radius 1 is 1.29 bits per heavy atom. The molecule has 180 valence electrons. The van der Waals surface area contributed by atoms with Gasteiger partial charge >= 0.3 is 0 Å². The smallest absolute Gasteiger partial charge is 0.152 e. The predicted molar refractivity (Wildman–Crippen MR) is 140 cm³/mol. The number of halogens is 1. The minimum absolute atomic E-state index is 0.00244. The number of allylic oxidation sites excluding steroid dienone is 7. The molecule has 2 aliphatic rings. The van der Waals surface area contributed by atoms with Crippen LogP contribution in [0.15, 0.2) is 75.5 Å². The summed E-state index contributed by atoms with van der Waals surface area (Å²) in [6.45, 7) is 13.3. The first-order valence-corrected chi connectivity index (χ1v) is 11.5. The maximum Gasteiger partial charge on any atom is 0.152 e. The highest BCUT2D eigenvalue weighted by Gasteiger charge is 2.33. The second kappa shape index (κ2) is 11.8. The Labute approximate surface area is 201 Å². The molecule has 6 nitrogen and oxygen atoms in total. The van der Waals surface area contributed by atoms with Crippen LogP contribution < -0.4 is 5.73 Å². The van der Waals surface area contributed by atoms with Crippen molar-refractivity contribution in [3.63, 3.8) is 0 Å². The fraction of sp³-hybridized carbons (Fsp3) is 0.370. The van der Waals surface area contributed by atoms with E-state index >= 15 is 0 Å². The second-order valence-corrected chi connectivity index (χ2v) is 8.58. The number of hydrogen-bond donors (Lipinski definition) is 1. The van der Waals surface area contributed by atoms with Crippen molar-refractivity contribution in [3.05, 3.63) is 77.3 Å². The van der Waals surface area contributed by atoms with Crippen LogP contribution in [-0.2, 0) is 4.84 Å². The van der Waals surface area contributed by atoms with E-state index in [9.17, 15) is 4.39 Å². The summed E-state index contributed by atoms with van der Waals surface area (Å²) in [4.78, 5) is 16.8. The fourth-order valence-electron chi connectivity index (χ4n) is 4.41. The van der Waals surface area contributed by atoms with Crippen LogP contribution in [0.5, 0.6) is 0 Å². The van der Waals surface area contributed by atoms with Crippen LogP contribution >= 0.6 is 0 Å². The number of aliphatic imine (C=N–C) groups is 2. The van der Waals surface area contributed by atoms with Crippen LogP contribution in [0, 0.1) is 5.82 Å². The molecule has 1 unspecified atom stereocenters. The predicted octanol–water partition coefficient (Wildman–Crippen LogP) is 4.87. The van der Waals surface area contributed by atoms with Gasteiger partial charge < -0.3 is 10.6 Å². The third-order valence-electron chi connectivity index (χ3n) is 6.13. The van der Waals surface area contributed by atoms with Gasteiger partial charge in [-0.1, -0.05) is 42.1 Å². The highest BCUT2D eigenvalue weighted by atomic mass is 19.1. The molecule has 2 fully saturated rings. The second-order valence-electron chi connectivity index (χ2n) is 8.58. The maximum absolute atomic E-state index is 14.3. The summed E-state index contributed by atoms with van der Waals surface area (Å²) in [5, 5.41) is 4.56. The molecule has 0 aromatic heterocycles. The first-order valence-electron chi connectivity index (χ1n) is 11.5. The lowest BCUT2D eigenvalue weighted by Gasteiger charge is -2.34. The first-order chi connectivity index (χ1) is 16.4. The standard InChI is InChI=1S/C27H34FN5O/c1-6-8-9-19(7-2)24-14-21(28)10-11-23(24)20-12-25(31-17-29)27(18(3)30-4)26(13-20)32-34-22-15-33(5)16-22/h6-11,14,20,22H,2,4,12-13,15-17,29H2,1,3,5H3/b8-6-,19-9+,27-18+,31-25-,32-26+. The largest absolute Gasteiger partial charge is 0.390 e. The summed E-state index contributed by atoms with van der Waals surface area (Å²) in [5.74, 6) is -0.292. The topological polar surface area (TPSA) is 75.6 Å².